The number of rotatable bonds is 4. The summed E-state index contributed by atoms with van der Waals surface area (Å²) in [5.74, 6) is 0.527. The molecule has 0 atom stereocenters. The molecule has 1 aliphatic rings. The lowest BCUT2D eigenvalue weighted by Crippen LogP contribution is -2.26. The molecule has 0 radical (unpaired) electrons. The van der Waals surface area contributed by atoms with E-state index in [1.165, 1.54) is 6.33 Å². The Morgan fingerprint density at radius 3 is 2.86 bits per heavy atom. The maximum atomic E-state index is 12.9. The summed E-state index contributed by atoms with van der Waals surface area (Å²) in [6.07, 6.45) is 4.87. The zero-order valence-electron chi connectivity index (χ0n) is 19.2. The van der Waals surface area contributed by atoms with Gasteiger partial charge in [0.05, 0.1) is 53.5 Å². The Morgan fingerprint density at radius 2 is 2.00 bits per heavy atom. The normalized spacial score (nSPS) is 14.5. The van der Waals surface area contributed by atoms with Crippen molar-refractivity contribution in [3.05, 3.63) is 64.8 Å². The first-order valence-corrected chi connectivity index (χ1v) is 11.5. The van der Waals surface area contributed by atoms with E-state index in [0.717, 1.165) is 40.4 Å². The molecular weight excluding hydrogens is 444 g/mol. The lowest BCUT2D eigenvalue weighted by Gasteiger charge is -2.23. The van der Waals surface area contributed by atoms with Gasteiger partial charge in [-0.1, -0.05) is 12.1 Å². The second-order valence-electron chi connectivity index (χ2n) is 8.72. The number of nitrogens with zero attached hydrogens (tertiary/aromatic N) is 3. The van der Waals surface area contributed by atoms with E-state index in [9.17, 15) is 4.79 Å². The van der Waals surface area contributed by atoms with Crippen LogP contribution in [0.4, 0.5) is 5.69 Å². The van der Waals surface area contributed by atoms with Crippen molar-refractivity contribution >= 4 is 27.5 Å². The van der Waals surface area contributed by atoms with Crippen LogP contribution in [-0.4, -0.2) is 44.5 Å². The van der Waals surface area contributed by atoms with Gasteiger partial charge in [-0.2, -0.15) is 5.10 Å². The monoisotopic (exact) mass is 468 g/mol. The number of nitrogens with one attached hydrogen (secondary N) is 2. The van der Waals surface area contributed by atoms with Crippen LogP contribution in [0.1, 0.15) is 18.4 Å². The Hall–Kier alpha value is -4.24. The second-order valence-corrected chi connectivity index (χ2v) is 8.72. The van der Waals surface area contributed by atoms with Gasteiger partial charge in [0, 0.05) is 35.4 Å². The molecule has 2 aromatic carbocycles. The molecule has 0 saturated carbocycles. The highest BCUT2D eigenvalue weighted by molar-refractivity contribution is 6.09. The van der Waals surface area contributed by atoms with Gasteiger partial charge < -0.3 is 20.2 Å². The number of hydrogen-bond donors (Lipinski definition) is 3. The van der Waals surface area contributed by atoms with Crippen molar-refractivity contribution in [3.63, 3.8) is 0 Å². The third-order valence-corrected chi connectivity index (χ3v) is 6.51. The average molecular weight is 469 g/mol. The van der Waals surface area contributed by atoms with Crippen molar-refractivity contribution < 1.29 is 9.47 Å². The Balaban J connectivity index is 1.57. The molecular formula is C26H24N6O3. The first kappa shape index (κ1) is 21.3. The smallest absolute Gasteiger partial charge is 0.260 e. The minimum absolute atomic E-state index is 0.0625. The van der Waals surface area contributed by atoms with Gasteiger partial charge in [-0.25, -0.2) is 9.97 Å². The molecule has 6 rings (SSSR count). The van der Waals surface area contributed by atoms with Crippen LogP contribution in [0.2, 0.25) is 0 Å². The zero-order valence-corrected chi connectivity index (χ0v) is 19.2. The van der Waals surface area contributed by atoms with Gasteiger partial charge in [-0.15, -0.1) is 0 Å². The van der Waals surface area contributed by atoms with Gasteiger partial charge in [0.1, 0.15) is 6.10 Å². The minimum atomic E-state index is -0.303. The molecule has 9 nitrogen and oxygen atoms in total. The summed E-state index contributed by atoms with van der Waals surface area (Å²) in [5.41, 5.74) is 12.1. The van der Waals surface area contributed by atoms with Gasteiger partial charge in [-0.3, -0.25) is 9.89 Å². The third kappa shape index (κ3) is 3.70. The van der Waals surface area contributed by atoms with Gasteiger partial charge in [0.2, 0.25) is 5.88 Å². The van der Waals surface area contributed by atoms with Crippen molar-refractivity contribution in [1.29, 1.82) is 0 Å². The van der Waals surface area contributed by atoms with Crippen LogP contribution in [0, 0.1) is 6.92 Å². The second kappa shape index (κ2) is 8.52. The maximum absolute atomic E-state index is 12.9. The quantitative estimate of drug-likeness (QED) is 0.340. The molecule has 4 heterocycles. The average Bonchev–Trinajstić information content (AvgIpc) is 3.34. The Labute approximate surface area is 200 Å². The fourth-order valence-corrected chi connectivity index (χ4v) is 4.76. The number of fused-ring (bicyclic) bond motifs is 2. The number of ether oxygens (including phenoxy) is 2. The van der Waals surface area contributed by atoms with Crippen LogP contribution in [0.15, 0.2) is 53.7 Å². The molecule has 35 heavy (non-hydrogen) atoms. The van der Waals surface area contributed by atoms with E-state index in [4.69, 9.17) is 20.2 Å². The molecule has 3 aromatic heterocycles. The van der Waals surface area contributed by atoms with Crippen LogP contribution < -0.4 is 16.0 Å². The molecule has 5 aromatic rings. The van der Waals surface area contributed by atoms with Crippen LogP contribution in [-0.2, 0) is 4.74 Å². The van der Waals surface area contributed by atoms with E-state index in [1.807, 2.05) is 43.3 Å². The summed E-state index contributed by atoms with van der Waals surface area (Å²) in [6, 6.07) is 11.6. The number of nitrogen functional groups attached to an aromatic ring is 1. The van der Waals surface area contributed by atoms with Crippen LogP contribution >= 0.6 is 0 Å². The summed E-state index contributed by atoms with van der Waals surface area (Å²) in [4.78, 5) is 24.9. The Kier molecular flexibility index (Phi) is 5.18. The zero-order chi connectivity index (χ0) is 23.9. The van der Waals surface area contributed by atoms with E-state index in [0.29, 0.717) is 46.9 Å². The van der Waals surface area contributed by atoms with E-state index in [1.54, 1.807) is 6.20 Å². The van der Waals surface area contributed by atoms with E-state index in [2.05, 4.69) is 20.2 Å². The molecule has 1 saturated heterocycles. The minimum Gasteiger partial charge on any atom is -0.474 e. The number of aromatic nitrogens is 5. The first-order chi connectivity index (χ1) is 17.1. The molecule has 4 N–H and O–H groups in total. The van der Waals surface area contributed by atoms with Crippen LogP contribution in [0.3, 0.4) is 0 Å². The molecule has 0 aliphatic carbocycles. The Morgan fingerprint density at radius 1 is 1.14 bits per heavy atom. The lowest BCUT2D eigenvalue weighted by atomic mass is 9.91. The topological polar surface area (TPSA) is 132 Å². The number of hydrogen-bond acceptors (Lipinski definition) is 7. The summed E-state index contributed by atoms with van der Waals surface area (Å²) in [6.45, 7) is 3.38. The number of pyridine rings is 1. The SMILES string of the molecule is Cc1ccc2[nH]ncc2c1-c1cc(-c2cccc(OC3CCOCC3)n2)c2nc[nH]c(=O)c2c1N. The maximum Gasteiger partial charge on any atom is 0.260 e. The predicted molar refractivity (Wildman–Crippen MR) is 134 cm³/mol. The fourth-order valence-electron chi connectivity index (χ4n) is 4.76. The highest BCUT2D eigenvalue weighted by Gasteiger charge is 2.21. The summed E-state index contributed by atoms with van der Waals surface area (Å²) >= 11 is 0. The van der Waals surface area contributed by atoms with Gasteiger partial charge >= 0.3 is 0 Å². The van der Waals surface area contributed by atoms with Crippen molar-refractivity contribution in [2.75, 3.05) is 18.9 Å². The summed E-state index contributed by atoms with van der Waals surface area (Å²) in [5, 5.41) is 8.46. The van der Waals surface area contributed by atoms with Crippen molar-refractivity contribution in [2.24, 2.45) is 0 Å². The predicted octanol–water partition coefficient (Wildman–Crippen LogP) is 3.98. The van der Waals surface area contributed by atoms with Crippen molar-refractivity contribution in [2.45, 2.75) is 25.9 Å². The third-order valence-electron chi connectivity index (χ3n) is 6.51. The van der Waals surface area contributed by atoms with E-state index in [-0.39, 0.29) is 11.7 Å². The van der Waals surface area contributed by atoms with Crippen LogP contribution in [0.5, 0.6) is 5.88 Å². The number of H-pyrrole nitrogens is 2. The van der Waals surface area contributed by atoms with Gasteiger partial charge in [-0.05, 0) is 36.2 Å². The summed E-state index contributed by atoms with van der Waals surface area (Å²) < 4.78 is 11.6. The Bertz CT molecular complexity index is 1620. The molecule has 0 spiro atoms. The summed E-state index contributed by atoms with van der Waals surface area (Å²) in [7, 11) is 0. The molecule has 0 amide bonds. The first-order valence-electron chi connectivity index (χ1n) is 11.5. The largest absolute Gasteiger partial charge is 0.474 e. The number of benzene rings is 2. The molecule has 0 bridgehead atoms. The number of anilines is 1. The molecule has 0 unspecified atom stereocenters. The number of aryl methyl sites for hydroxylation is 1. The van der Waals surface area contributed by atoms with Gasteiger partial charge in [0.15, 0.2) is 0 Å². The lowest BCUT2D eigenvalue weighted by molar-refractivity contribution is 0.0238. The molecule has 9 heteroatoms. The number of nitrogens with two attached hydrogens (primary N) is 1. The highest BCUT2D eigenvalue weighted by Crippen LogP contribution is 2.41. The fraction of sp³-hybridized carbons (Fsp3) is 0.231. The molecule has 176 valence electrons. The molecule has 1 fully saturated rings. The van der Waals surface area contributed by atoms with Gasteiger partial charge in [0.25, 0.3) is 5.56 Å². The van der Waals surface area contributed by atoms with Crippen LogP contribution in [0.25, 0.3) is 44.2 Å². The standard InChI is InChI=1S/C26H24N6O3/c1-14-5-6-20-18(12-30-32-20)22(14)17-11-16(25-23(24(17)27)26(33)29-13-28-25)19-3-2-4-21(31-19)35-15-7-9-34-10-8-15/h2-6,11-13,15H,7-10,27H2,1H3,(H,30,32)(H,28,29,33). The van der Waals surface area contributed by atoms with Crippen molar-refractivity contribution in [3.8, 4) is 28.3 Å². The molecule has 1 aliphatic heterocycles. The van der Waals surface area contributed by atoms with E-state index >= 15 is 0 Å². The number of aromatic amines is 2. The van der Waals surface area contributed by atoms with Crippen molar-refractivity contribution in [1.82, 2.24) is 25.1 Å². The highest BCUT2D eigenvalue weighted by atomic mass is 16.5. The van der Waals surface area contributed by atoms with E-state index < -0.39 is 0 Å².